The molecule has 1 aromatic heterocycles. The van der Waals surface area contributed by atoms with Crippen LogP contribution in [-0.4, -0.2) is 63.5 Å². The van der Waals surface area contributed by atoms with E-state index in [1.54, 1.807) is 19.1 Å². The number of piperazine rings is 1. The lowest BCUT2D eigenvalue weighted by atomic mass is 9.97. The number of nitrogens with one attached hydrogen (secondary N) is 1. The van der Waals surface area contributed by atoms with E-state index in [-0.39, 0.29) is 17.0 Å². The molecule has 3 rings (SSSR count). The number of nitrogens with zero attached hydrogens (tertiary/aromatic N) is 5. The van der Waals surface area contributed by atoms with Crippen molar-refractivity contribution >= 4 is 17.3 Å². The highest BCUT2D eigenvalue weighted by molar-refractivity contribution is 5.92. The molecule has 0 saturated carbocycles. The van der Waals surface area contributed by atoms with Gasteiger partial charge in [0.1, 0.15) is 0 Å². The maximum atomic E-state index is 12.3. The maximum Gasteiger partial charge on any atom is 0.274 e. The Bertz CT molecular complexity index is 928. The van der Waals surface area contributed by atoms with Crippen LogP contribution in [0.2, 0.25) is 0 Å². The van der Waals surface area contributed by atoms with Gasteiger partial charge in [0.25, 0.3) is 5.69 Å². The van der Waals surface area contributed by atoms with Crippen LogP contribution < -0.4 is 5.32 Å². The molecule has 0 aliphatic carbocycles. The van der Waals surface area contributed by atoms with E-state index in [1.165, 1.54) is 6.07 Å². The van der Waals surface area contributed by atoms with Gasteiger partial charge in [-0.25, -0.2) is 0 Å². The van der Waals surface area contributed by atoms with E-state index in [4.69, 9.17) is 4.52 Å². The van der Waals surface area contributed by atoms with Crippen LogP contribution in [0.15, 0.2) is 22.7 Å². The summed E-state index contributed by atoms with van der Waals surface area (Å²) in [7, 11) is 0. The van der Waals surface area contributed by atoms with Crippen LogP contribution in [-0.2, 0) is 16.8 Å². The Morgan fingerprint density at radius 1 is 1.23 bits per heavy atom. The number of amides is 1. The van der Waals surface area contributed by atoms with Crippen molar-refractivity contribution in [2.24, 2.45) is 0 Å². The quantitative estimate of drug-likeness (QED) is 0.526. The normalized spacial score (nSPS) is 15.7. The predicted molar refractivity (Wildman–Crippen MR) is 116 cm³/mol. The lowest BCUT2D eigenvalue weighted by Gasteiger charge is -2.33. The van der Waals surface area contributed by atoms with Crippen molar-refractivity contribution < 1.29 is 14.2 Å². The van der Waals surface area contributed by atoms with Crippen LogP contribution in [0.4, 0.5) is 11.4 Å². The number of nitro benzene ring substituents is 1. The van der Waals surface area contributed by atoms with Crippen molar-refractivity contribution in [2.75, 3.05) is 38.0 Å². The first-order chi connectivity index (χ1) is 14.6. The molecule has 10 heteroatoms. The smallest absolute Gasteiger partial charge is 0.274 e. The Morgan fingerprint density at radius 3 is 2.52 bits per heavy atom. The fourth-order valence-electron chi connectivity index (χ4n) is 3.42. The van der Waals surface area contributed by atoms with E-state index in [1.807, 2.05) is 20.8 Å². The van der Waals surface area contributed by atoms with Gasteiger partial charge in [0.05, 0.1) is 22.7 Å². The van der Waals surface area contributed by atoms with E-state index < -0.39 is 4.92 Å². The molecular formula is C21H30N6O4. The van der Waals surface area contributed by atoms with E-state index in [0.717, 1.165) is 26.2 Å². The van der Waals surface area contributed by atoms with E-state index in [0.29, 0.717) is 42.5 Å². The molecular weight excluding hydrogens is 400 g/mol. The molecule has 1 aliphatic rings. The average Bonchev–Trinajstić information content (AvgIpc) is 3.18. The van der Waals surface area contributed by atoms with Crippen LogP contribution >= 0.6 is 0 Å². The van der Waals surface area contributed by atoms with Gasteiger partial charge in [0.15, 0.2) is 5.82 Å². The molecule has 0 unspecified atom stereocenters. The van der Waals surface area contributed by atoms with Gasteiger partial charge in [-0.2, -0.15) is 4.98 Å². The Kier molecular flexibility index (Phi) is 7.01. The third kappa shape index (κ3) is 6.08. The Morgan fingerprint density at radius 2 is 1.90 bits per heavy atom. The number of carbonyl (C=O) groups is 1. The standard InChI is InChI=1S/C21H30N6O4/c1-15-16(6-5-7-17(15)27(29)30)22-19(28)8-9-25-10-12-26(13-11-25)14-18-23-20(31-24-18)21(2,3)4/h5-7H,8-14H2,1-4H3,(H,22,28). The number of aromatic nitrogens is 2. The van der Waals surface area contributed by atoms with Crippen LogP contribution in [0.3, 0.4) is 0 Å². The lowest BCUT2D eigenvalue weighted by Crippen LogP contribution is -2.46. The predicted octanol–water partition coefficient (Wildman–Crippen LogP) is 2.73. The topological polar surface area (TPSA) is 118 Å². The van der Waals surface area contributed by atoms with Gasteiger partial charge in [-0.15, -0.1) is 0 Å². The molecule has 0 bridgehead atoms. The monoisotopic (exact) mass is 430 g/mol. The number of nitro groups is 1. The van der Waals surface area contributed by atoms with Gasteiger partial charge < -0.3 is 14.7 Å². The molecule has 1 fully saturated rings. The van der Waals surface area contributed by atoms with E-state index in [2.05, 4.69) is 25.3 Å². The zero-order valence-corrected chi connectivity index (χ0v) is 18.6. The minimum atomic E-state index is -0.441. The SMILES string of the molecule is Cc1c(NC(=O)CCN2CCN(Cc3noc(C(C)(C)C)n3)CC2)cccc1[N+](=O)[O-]. The summed E-state index contributed by atoms with van der Waals surface area (Å²) in [4.78, 5) is 32.0. The second-order valence-corrected chi connectivity index (χ2v) is 8.89. The van der Waals surface area contributed by atoms with Gasteiger partial charge in [0.2, 0.25) is 11.8 Å². The molecule has 1 aromatic carbocycles. The summed E-state index contributed by atoms with van der Waals surface area (Å²) in [6.45, 7) is 12.5. The maximum absolute atomic E-state index is 12.3. The fourth-order valence-corrected chi connectivity index (χ4v) is 3.42. The summed E-state index contributed by atoms with van der Waals surface area (Å²) >= 11 is 0. The molecule has 10 nitrogen and oxygen atoms in total. The van der Waals surface area contributed by atoms with Crippen molar-refractivity contribution in [1.82, 2.24) is 19.9 Å². The molecule has 31 heavy (non-hydrogen) atoms. The number of hydrogen-bond donors (Lipinski definition) is 1. The summed E-state index contributed by atoms with van der Waals surface area (Å²) in [5.74, 6) is 1.20. The van der Waals surface area contributed by atoms with Crippen LogP contribution in [0, 0.1) is 17.0 Å². The first kappa shape index (κ1) is 22.8. The van der Waals surface area contributed by atoms with Crippen LogP contribution in [0.25, 0.3) is 0 Å². The van der Waals surface area contributed by atoms with Crippen LogP contribution in [0.1, 0.15) is 44.5 Å². The molecule has 0 radical (unpaired) electrons. The third-order valence-corrected chi connectivity index (χ3v) is 5.37. The van der Waals surface area contributed by atoms with Crippen molar-refractivity contribution in [2.45, 2.75) is 46.1 Å². The summed E-state index contributed by atoms with van der Waals surface area (Å²) in [5.41, 5.74) is 0.794. The highest BCUT2D eigenvalue weighted by Gasteiger charge is 2.24. The second kappa shape index (κ2) is 9.52. The van der Waals surface area contributed by atoms with Crippen molar-refractivity contribution in [1.29, 1.82) is 0 Å². The molecule has 1 N–H and O–H groups in total. The molecule has 1 saturated heterocycles. The zero-order valence-electron chi connectivity index (χ0n) is 18.6. The summed E-state index contributed by atoms with van der Waals surface area (Å²) in [5, 5.41) is 17.9. The Labute approximate surface area is 181 Å². The number of carbonyl (C=O) groups excluding carboxylic acids is 1. The summed E-state index contributed by atoms with van der Waals surface area (Å²) in [6.07, 6.45) is 0.335. The second-order valence-electron chi connectivity index (χ2n) is 8.89. The Hall–Kier alpha value is -2.85. The van der Waals surface area contributed by atoms with Gasteiger partial charge in [-0.3, -0.25) is 19.8 Å². The first-order valence-corrected chi connectivity index (χ1v) is 10.4. The van der Waals surface area contributed by atoms with Gasteiger partial charge >= 0.3 is 0 Å². The third-order valence-electron chi connectivity index (χ3n) is 5.37. The lowest BCUT2D eigenvalue weighted by molar-refractivity contribution is -0.385. The number of anilines is 1. The number of hydrogen-bond acceptors (Lipinski definition) is 8. The van der Waals surface area contributed by atoms with Gasteiger partial charge in [-0.1, -0.05) is 32.0 Å². The van der Waals surface area contributed by atoms with Gasteiger partial charge in [0, 0.05) is 50.6 Å². The molecule has 2 heterocycles. The van der Waals surface area contributed by atoms with Crippen LogP contribution in [0.5, 0.6) is 0 Å². The minimum absolute atomic E-state index is 0.00476. The molecule has 168 valence electrons. The molecule has 2 aromatic rings. The largest absolute Gasteiger partial charge is 0.339 e. The minimum Gasteiger partial charge on any atom is -0.339 e. The number of rotatable bonds is 7. The average molecular weight is 431 g/mol. The first-order valence-electron chi connectivity index (χ1n) is 10.4. The Balaban J connectivity index is 1.42. The fraction of sp³-hybridized carbons (Fsp3) is 0.571. The molecule has 0 spiro atoms. The zero-order chi connectivity index (χ0) is 22.6. The molecule has 1 amide bonds. The highest BCUT2D eigenvalue weighted by atomic mass is 16.6. The van der Waals surface area contributed by atoms with Gasteiger partial charge in [-0.05, 0) is 13.0 Å². The van der Waals surface area contributed by atoms with E-state index in [9.17, 15) is 14.9 Å². The summed E-state index contributed by atoms with van der Waals surface area (Å²) < 4.78 is 5.35. The van der Waals surface area contributed by atoms with Crippen molar-refractivity contribution in [3.8, 4) is 0 Å². The van der Waals surface area contributed by atoms with Crippen molar-refractivity contribution in [3.63, 3.8) is 0 Å². The molecule has 0 atom stereocenters. The molecule has 1 aliphatic heterocycles. The number of benzene rings is 1. The highest BCUT2D eigenvalue weighted by Crippen LogP contribution is 2.25. The summed E-state index contributed by atoms with van der Waals surface area (Å²) in [6, 6.07) is 4.69. The van der Waals surface area contributed by atoms with Crippen molar-refractivity contribution in [3.05, 3.63) is 45.6 Å². The van der Waals surface area contributed by atoms with E-state index >= 15 is 0 Å².